The lowest BCUT2D eigenvalue weighted by Crippen LogP contribution is -2.00. The average Bonchev–Trinajstić information content (AvgIpc) is 2.90. The smallest absolute Gasteiger partial charge is 0.122 e. The molecule has 0 amide bonds. The minimum absolute atomic E-state index is 0.545. The molecule has 0 aliphatic heterocycles. The van der Waals surface area contributed by atoms with Crippen molar-refractivity contribution in [1.82, 2.24) is 9.38 Å². The topological polar surface area (TPSA) is 52.5 Å². The summed E-state index contributed by atoms with van der Waals surface area (Å²) in [4.78, 5) is 4.51. The second-order valence-corrected chi connectivity index (χ2v) is 4.70. The second-order valence-electron chi connectivity index (χ2n) is 4.70. The van der Waals surface area contributed by atoms with Gasteiger partial charge in [-0.1, -0.05) is 18.2 Å². The van der Waals surface area contributed by atoms with Gasteiger partial charge < -0.3 is 14.9 Å². The van der Waals surface area contributed by atoms with Gasteiger partial charge in [0, 0.05) is 24.7 Å². The minimum atomic E-state index is 0.545. The highest BCUT2D eigenvalue weighted by Crippen LogP contribution is 2.21. The van der Waals surface area contributed by atoms with Crippen LogP contribution in [0.1, 0.15) is 17.0 Å². The SMILES string of the molecule is COc1ccccc1Cc1ncc2cc(CN)ccn12. The van der Waals surface area contributed by atoms with Gasteiger partial charge in [0.15, 0.2) is 0 Å². The molecular weight excluding hydrogens is 250 g/mol. The zero-order valence-corrected chi connectivity index (χ0v) is 11.4. The minimum Gasteiger partial charge on any atom is -0.496 e. The first-order valence-electron chi connectivity index (χ1n) is 6.58. The van der Waals surface area contributed by atoms with Gasteiger partial charge in [-0.3, -0.25) is 0 Å². The molecule has 1 aromatic carbocycles. The predicted molar refractivity (Wildman–Crippen MR) is 78.9 cm³/mol. The van der Waals surface area contributed by atoms with E-state index in [0.717, 1.165) is 34.6 Å². The van der Waals surface area contributed by atoms with Gasteiger partial charge in [0.05, 0.1) is 18.8 Å². The number of pyridine rings is 1. The largest absolute Gasteiger partial charge is 0.496 e. The number of hydrogen-bond acceptors (Lipinski definition) is 3. The van der Waals surface area contributed by atoms with Crippen LogP contribution in [0.3, 0.4) is 0 Å². The van der Waals surface area contributed by atoms with Crippen molar-refractivity contribution in [2.45, 2.75) is 13.0 Å². The molecule has 0 fully saturated rings. The Balaban J connectivity index is 1.99. The molecule has 102 valence electrons. The van der Waals surface area contributed by atoms with Gasteiger partial charge in [-0.05, 0) is 23.8 Å². The summed E-state index contributed by atoms with van der Waals surface area (Å²) in [6.45, 7) is 0.545. The number of nitrogens with zero attached hydrogens (tertiary/aromatic N) is 2. The number of methoxy groups -OCH3 is 1. The number of imidazole rings is 1. The number of aromatic nitrogens is 2. The van der Waals surface area contributed by atoms with E-state index in [1.807, 2.05) is 36.7 Å². The van der Waals surface area contributed by atoms with E-state index in [2.05, 4.69) is 21.5 Å². The molecule has 2 heterocycles. The van der Waals surface area contributed by atoms with Crippen LogP contribution in [0.25, 0.3) is 5.52 Å². The van der Waals surface area contributed by atoms with E-state index in [0.29, 0.717) is 6.54 Å². The molecule has 0 saturated heterocycles. The van der Waals surface area contributed by atoms with Crippen LogP contribution in [0, 0.1) is 0 Å². The average molecular weight is 267 g/mol. The molecular formula is C16H17N3O. The highest BCUT2D eigenvalue weighted by Gasteiger charge is 2.08. The lowest BCUT2D eigenvalue weighted by molar-refractivity contribution is 0.410. The van der Waals surface area contributed by atoms with Gasteiger partial charge in [-0.25, -0.2) is 4.98 Å². The standard InChI is InChI=1S/C16H17N3O/c1-20-15-5-3-2-4-13(15)9-16-18-11-14-8-12(10-17)6-7-19(14)16/h2-8,11H,9-10,17H2,1H3. The van der Waals surface area contributed by atoms with E-state index >= 15 is 0 Å². The molecule has 0 radical (unpaired) electrons. The Morgan fingerprint density at radius 1 is 1.25 bits per heavy atom. The van der Waals surface area contributed by atoms with E-state index in [1.54, 1.807) is 7.11 Å². The molecule has 4 heteroatoms. The van der Waals surface area contributed by atoms with E-state index < -0.39 is 0 Å². The fraction of sp³-hybridized carbons (Fsp3) is 0.188. The van der Waals surface area contributed by atoms with E-state index in [9.17, 15) is 0 Å². The summed E-state index contributed by atoms with van der Waals surface area (Å²) in [5.41, 5.74) is 8.97. The number of para-hydroxylation sites is 1. The molecule has 0 saturated carbocycles. The number of fused-ring (bicyclic) bond motifs is 1. The third-order valence-electron chi connectivity index (χ3n) is 3.45. The number of rotatable bonds is 4. The van der Waals surface area contributed by atoms with Crippen molar-refractivity contribution in [3.8, 4) is 5.75 Å². The van der Waals surface area contributed by atoms with Gasteiger partial charge in [0.2, 0.25) is 0 Å². The molecule has 0 aliphatic carbocycles. The van der Waals surface area contributed by atoms with Crippen LogP contribution in [0.2, 0.25) is 0 Å². The molecule has 0 spiro atoms. The first-order chi connectivity index (χ1) is 9.81. The fourth-order valence-electron chi connectivity index (χ4n) is 2.38. The zero-order valence-electron chi connectivity index (χ0n) is 11.4. The summed E-state index contributed by atoms with van der Waals surface area (Å²) in [7, 11) is 1.69. The Morgan fingerprint density at radius 2 is 2.10 bits per heavy atom. The summed E-state index contributed by atoms with van der Waals surface area (Å²) in [5.74, 6) is 1.89. The lowest BCUT2D eigenvalue weighted by Gasteiger charge is -2.08. The van der Waals surface area contributed by atoms with Crippen LogP contribution >= 0.6 is 0 Å². The van der Waals surface area contributed by atoms with E-state index in [1.165, 1.54) is 0 Å². The highest BCUT2D eigenvalue weighted by molar-refractivity contribution is 5.49. The Kier molecular flexibility index (Phi) is 3.39. The third kappa shape index (κ3) is 2.26. The Labute approximate surface area is 117 Å². The van der Waals surface area contributed by atoms with Crippen molar-refractivity contribution in [2.24, 2.45) is 5.73 Å². The van der Waals surface area contributed by atoms with Gasteiger partial charge in [-0.2, -0.15) is 0 Å². The normalized spacial score (nSPS) is 10.9. The van der Waals surface area contributed by atoms with Crippen LogP contribution in [0.15, 0.2) is 48.8 Å². The molecule has 2 N–H and O–H groups in total. The van der Waals surface area contributed by atoms with Crippen molar-refractivity contribution < 1.29 is 4.74 Å². The van der Waals surface area contributed by atoms with Crippen LogP contribution in [0.5, 0.6) is 5.75 Å². The van der Waals surface area contributed by atoms with Gasteiger partial charge >= 0.3 is 0 Å². The molecule has 3 rings (SSSR count). The summed E-state index contributed by atoms with van der Waals surface area (Å²) in [6, 6.07) is 12.1. The first kappa shape index (κ1) is 12.7. The third-order valence-corrected chi connectivity index (χ3v) is 3.45. The van der Waals surface area contributed by atoms with Crippen LogP contribution in [-0.2, 0) is 13.0 Å². The maximum Gasteiger partial charge on any atom is 0.122 e. The van der Waals surface area contributed by atoms with Crippen LogP contribution < -0.4 is 10.5 Å². The fourth-order valence-corrected chi connectivity index (χ4v) is 2.38. The summed E-state index contributed by atoms with van der Waals surface area (Å²) < 4.78 is 7.48. The van der Waals surface area contributed by atoms with E-state index in [-0.39, 0.29) is 0 Å². The molecule has 0 atom stereocenters. The molecule has 0 aliphatic rings. The molecule has 3 aromatic rings. The predicted octanol–water partition coefficient (Wildman–Crippen LogP) is 2.39. The molecule has 0 bridgehead atoms. The van der Waals surface area contributed by atoms with Crippen LogP contribution in [-0.4, -0.2) is 16.5 Å². The Hall–Kier alpha value is -2.33. The molecule has 20 heavy (non-hydrogen) atoms. The number of benzene rings is 1. The highest BCUT2D eigenvalue weighted by atomic mass is 16.5. The van der Waals surface area contributed by atoms with Crippen molar-refractivity contribution in [2.75, 3.05) is 7.11 Å². The first-order valence-corrected chi connectivity index (χ1v) is 6.58. The van der Waals surface area contributed by atoms with E-state index in [4.69, 9.17) is 10.5 Å². The quantitative estimate of drug-likeness (QED) is 0.789. The molecule has 4 nitrogen and oxygen atoms in total. The molecule has 0 unspecified atom stereocenters. The monoisotopic (exact) mass is 267 g/mol. The van der Waals surface area contributed by atoms with Gasteiger partial charge in [0.1, 0.15) is 11.6 Å². The second kappa shape index (κ2) is 5.35. The lowest BCUT2D eigenvalue weighted by atomic mass is 10.1. The van der Waals surface area contributed by atoms with Gasteiger partial charge in [0.25, 0.3) is 0 Å². The zero-order chi connectivity index (χ0) is 13.9. The molecule has 2 aromatic heterocycles. The maximum absolute atomic E-state index is 5.66. The maximum atomic E-state index is 5.66. The summed E-state index contributed by atoms with van der Waals surface area (Å²) in [6.07, 6.45) is 4.64. The van der Waals surface area contributed by atoms with Crippen molar-refractivity contribution in [3.63, 3.8) is 0 Å². The summed E-state index contributed by atoms with van der Waals surface area (Å²) >= 11 is 0. The Morgan fingerprint density at radius 3 is 2.90 bits per heavy atom. The van der Waals surface area contributed by atoms with Gasteiger partial charge in [-0.15, -0.1) is 0 Å². The Bertz CT molecular complexity index is 733. The number of ether oxygens (including phenoxy) is 1. The number of hydrogen-bond donors (Lipinski definition) is 1. The number of nitrogens with two attached hydrogens (primary N) is 1. The van der Waals surface area contributed by atoms with Crippen LogP contribution in [0.4, 0.5) is 0 Å². The summed E-state index contributed by atoms with van der Waals surface area (Å²) in [5, 5.41) is 0. The van der Waals surface area contributed by atoms with Crippen molar-refractivity contribution >= 4 is 5.52 Å². The van der Waals surface area contributed by atoms with Crippen molar-refractivity contribution in [3.05, 3.63) is 65.7 Å². The van der Waals surface area contributed by atoms with Crippen molar-refractivity contribution in [1.29, 1.82) is 0 Å².